The van der Waals surface area contributed by atoms with Gasteiger partial charge in [-0.25, -0.2) is 14.2 Å². The van der Waals surface area contributed by atoms with Crippen LogP contribution in [0.15, 0.2) is 30.5 Å². The van der Waals surface area contributed by atoms with Crippen molar-refractivity contribution in [3.63, 3.8) is 0 Å². The van der Waals surface area contributed by atoms with Crippen LogP contribution in [0.4, 0.5) is 9.18 Å². The monoisotopic (exact) mass is 374 g/mol. The molecule has 3 N–H and O–H groups in total. The summed E-state index contributed by atoms with van der Waals surface area (Å²) in [5.41, 5.74) is 1.41. The number of hydrogen-bond acceptors (Lipinski definition) is 3. The van der Waals surface area contributed by atoms with Crippen molar-refractivity contribution in [3.8, 4) is 11.3 Å². The lowest BCUT2D eigenvalue weighted by atomic mass is 10.0. The minimum absolute atomic E-state index is 0.0267. The van der Waals surface area contributed by atoms with Crippen molar-refractivity contribution < 1.29 is 19.1 Å². The van der Waals surface area contributed by atoms with Crippen molar-refractivity contribution in [2.24, 2.45) is 0 Å². The van der Waals surface area contributed by atoms with Crippen LogP contribution in [-0.4, -0.2) is 45.1 Å². The molecular formula is C19H23FN4O3. The van der Waals surface area contributed by atoms with Crippen LogP contribution in [0.25, 0.3) is 11.3 Å². The number of aromatic nitrogens is 2. The van der Waals surface area contributed by atoms with Gasteiger partial charge in [-0.3, -0.25) is 4.79 Å². The van der Waals surface area contributed by atoms with Crippen LogP contribution in [0.5, 0.6) is 0 Å². The number of nitrogens with one attached hydrogen (secondary N) is 2. The maximum absolute atomic E-state index is 13.4. The number of H-pyrrole nitrogens is 1. The van der Waals surface area contributed by atoms with E-state index in [9.17, 15) is 14.0 Å². The summed E-state index contributed by atoms with van der Waals surface area (Å²) in [7, 11) is 0. The van der Waals surface area contributed by atoms with Crippen LogP contribution in [0, 0.1) is 5.82 Å². The molecule has 0 bridgehead atoms. The van der Waals surface area contributed by atoms with Crippen molar-refractivity contribution in [2.45, 2.75) is 38.1 Å². The number of carboxylic acids is 1. The van der Waals surface area contributed by atoms with Crippen molar-refractivity contribution >= 4 is 12.0 Å². The number of imidazole rings is 1. The van der Waals surface area contributed by atoms with E-state index < -0.39 is 5.97 Å². The Hall–Kier alpha value is -2.90. The van der Waals surface area contributed by atoms with E-state index in [2.05, 4.69) is 15.3 Å². The third-order valence-corrected chi connectivity index (χ3v) is 4.65. The van der Waals surface area contributed by atoms with Crippen LogP contribution in [0.1, 0.15) is 44.0 Å². The van der Waals surface area contributed by atoms with Gasteiger partial charge in [0, 0.05) is 25.1 Å². The maximum Gasteiger partial charge on any atom is 0.318 e. The summed E-state index contributed by atoms with van der Waals surface area (Å²) in [5.74, 6) is -0.515. The molecule has 0 aliphatic carbocycles. The van der Waals surface area contributed by atoms with Gasteiger partial charge in [0.2, 0.25) is 0 Å². The first kappa shape index (κ1) is 18.9. The van der Waals surface area contributed by atoms with Crippen molar-refractivity contribution in [2.75, 3.05) is 13.1 Å². The summed E-state index contributed by atoms with van der Waals surface area (Å²) in [6.07, 6.45) is 4.77. The summed E-state index contributed by atoms with van der Waals surface area (Å²) in [5, 5.41) is 11.5. The molecule has 1 aliphatic rings. The molecule has 1 atom stereocenters. The Morgan fingerprint density at radius 2 is 2.22 bits per heavy atom. The summed E-state index contributed by atoms with van der Waals surface area (Å²) < 4.78 is 13.4. The first-order valence-electron chi connectivity index (χ1n) is 9.11. The zero-order valence-corrected chi connectivity index (χ0v) is 14.9. The van der Waals surface area contributed by atoms with Crippen LogP contribution >= 0.6 is 0 Å². The number of hydrogen-bond donors (Lipinski definition) is 3. The minimum atomic E-state index is -0.874. The van der Waals surface area contributed by atoms with Crippen molar-refractivity contribution in [3.05, 3.63) is 42.1 Å². The molecule has 2 heterocycles. The van der Waals surface area contributed by atoms with Crippen LogP contribution in [0.3, 0.4) is 0 Å². The molecule has 27 heavy (non-hydrogen) atoms. The lowest BCUT2D eigenvalue weighted by Crippen LogP contribution is -2.45. The molecule has 3 rings (SSSR count). The first-order valence-corrected chi connectivity index (χ1v) is 9.11. The van der Waals surface area contributed by atoms with E-state index in [0.717, 1.165) is 19.3 Å². The molecule has 0 radical (unpaired) electrons. The molecule has 7 nitrogen and oxygen atoms in total. The molecule has 1 fully saturated rings. The van der Waals surface area contributed by atoms with Crippen LogP contribution in [-0.2, 0) is 4.79 Å². The normalized spacial score (nSPS) is 16.9. The molecule has 2 aromatic rings. The van der Waals surface area contributed by atoms with E-state index in [1.807, 2.05) is 0 Å². The number of likely N-dealkylation sites (tertiary alicyclic amines) is 1. The number of rotatable bonds is 6. The lowest BCUT2D eigenvalue weighted by Gasteiger charge is -2.34. The number of urea groups is 1. The smallest absolute Gasteiger partial charge is 0.318 e. The van der Waals surface area contributed by atoms with Gasteiger partial charge in [0.05, 0.1) is 17.9 Å². The molecule has 8 heteroatoms. The zero-order valence-electron chi connectivity index (χ0n) is 14.9. The number of halogens is 1. The Morgan fingerprint density at radius 1 is 1.37 bits per heavy atom. The fourth-order valence-electron chi connectivity index (χ4n) is 3.30. The second-order valence-corrected chi connectivity index (χ2v) is 6.63. The highest BCUT2D eigenvalue weighted by Gasteiger charge is 2.30. The molecule has 1 aromatic heterocycles. The van der Waals surface area contributed by atoms with Gasteiger partial charge in [0.1, 0.15) is 11.6 Å². The Morgan fingerprint density at radius 3 is 3.00 bits per heavy atom. The number of nitrogens with zero attached hydrogens (tertiary/aromatic N) is 2. The van der Waals surface area contributed by atoms with Gasteiger partial charge in [0.25, 0.3) is 0 Å². The standard InChI is InChI=1S/C19H23FN4O3/c20-14-6-3-5-13(11-14)15-12-22-18(23-15)16-7-1-2-10-24(16)19(27)21-9-4-8-17(25)26/h3,5-6,11-12,16H,1-2,4,7-10H2,(H,21,27)(H,22,23)(H,25,26). The number of aromatic amines is 1. The Labute approximate surface area is 156 Å². The van der Waals surface area contributed by atoms with Crippen molar-refractivity contribution in [1.82, 2.24) is 20.2 Å². The molecular weight excluding hydrogens is 351 g/mol. The third-order valence-electron chi connectivity index (χ3n) is 4.65. The number of amides is 2. The summed E-state index contributed by atoms with van der Waals surface area (Å²) in [4.78, 5) is 32.5. The highest BCUT2D eigenvalue weighted by atomic mass is 19.1. The first-order chi connectivity index (χ1) is 13.0. The van der Waals surface area contributed by atoms with Crippen LogP contribution in [0.2, 0.25) is 0 Å². The third kappa shape index (κ3) is 4.84. The van der Waals surface area contributed by atoms with Gasteiger partial charge < -0.3 is 20.3 Å². The Kier molecular flexibility index (Phi) is 6.05. The zero-order chi connectivity index (χ0) is 19.2. The van der Waals surface area contributed by atoms with E-state index in [0.29, 0.717) is 36.6 Å². The summed E-state index contributed by atoms with van der Waals surface area (Å²) in [6, 6.07) is 5.87. The highest BCUT2D eigenvalue weighted by molar-refractivity contribution is 5.75. The van der Waals surface area contributed by atoms with Gasteiger partial charge >= 0.3 is 12.0 Å². The van der Waals surface area contributed by atoms with Gasteiger partial charge in [-0.15, -0.1) is 0 Å². The van der Waals surface area contributed by atoms with E-state index in [-0.39, 0.29) is 24.3 Å². The van der Waals surface area contributed by atoms with Gasteiger partial charge in [-0.2, -0.15) is 0 Å². The molecule has 144 valence electrons. The SMILES string of the molecule is O=C(O)CCCNC(=O)N1CCCCC1c1ncc(-c2cccc(F)c2)[nH]1. The molecule has 2 amide bonds. The van der Waals surface area contributed by atoms with E-state index in [1.54, 1.807) is 23.2 Å². The van der Waals surface area contributed by atoms with Crippen LogP contribution < -0.4 is 5.32 Å². The Balaban J connectivity index is 1.68. The summed E-state index contributed by atoms with van der Waals surface area (Å²) in [6.45, 7) is 0.937. The fraction of sp³-hybridized carbons (Fsp3) is 0.421. The number of benzene rings is 1. The van der Waals surface area contributed by atoms with Gasteiger partial charge in [-0.05, 0) is 37.8 Å². The lowest BCUT2D eigenvalue weighted by molar-refractivity contribution is -0.137. The maximum atomic E-state index is 13.4. The predicted molar refractivity (Wildman–Crippen MR) is 97.5 cm³/mol. The second kappa shape index (κ2) is 8.66. The topological polar surface area (TPSA) is 98.3 Å². The number of carbonyl (C=O) groups is 2. The number of aliphatic carboxylic acids is 1. The fourth-order valence-corrected chi connectivity index (χ4v) is 3.30. The summed E-state index contributed by atoms with van der Waals surface area (Å²) >= 11 is 0. The second-order valence-electron chi connectivity index (χ2n) is 6.63. The van der Waals surface area contributed by atoms with Gasteiger partial charge in [-0.1, -0.05) is 12.1 Å². The molecule has 1 saturated heterocycles. The molecule has 0 saturated carbocycles. The van der Waals surface area contributed by atoms with E-state index in [4.69, 9.17) is 5.11 Å². The highest BCUT2D eigenvalue weighted by Crippen LogP contribution is 2.30. The quantitative estimate of drug-likeness (QED) is 0.676. The average molecular weight is 374 g/mol. The minimum Gasteiger partial charge on any atom is -0.481 e. The number of carbonyl (C=O) groups excluding carboxylic acids is 1. The average Bonchev–Trinajstić information content (AvgIpc) is 3.15. The molecule has 1 aromatic carbocycles. The number of piperidine rings is 1. The molecule has 0 spiro atoms. The number of carboxylic acid groups (broad SMARTS) is 1. The Bertz CT molecular complexity index is 808. The van der Waals surface area contributed by atoms with Gasteiger partial charge in [0.15, 0.2) is 0 Å². The molecule has 1 aliphatic heterocycles. The largest absolute Gasteiger partial charge is 0.481 e. The molecule has 1 unspecified atom stereocenters. The van der Waals surface area contributed by atoms with E-state index >= 15 is 0 Å². The predicted octanol–water partition coefficient (Wildman–Crippen LogP) is 3.32. The van der Waals surface area contributed by atoms with E-state index in [1.165, 1.54) is 12.1 Å². The van der Waals surface area contributed by atoms with Crippen molar-refractivity contribution in [1.29, 1.82) is 0 Å².